The van der Waals surface area contributed by atoms with E-state index >= 15 is 0 Å². The number of ether oxygens (including phenoxy) is 1. The van der Waals surface area contributed by atoms with E-state index in [-0.39, 0.29) is 17.7 Å². The first-order valence-corrected chi connectivity index (χ1v) is 8.41. The molecule has 2 unspecified atom stereocenters. The van der Waals surface area contributed by atoms with Crippen molar-refractivity contribution in [2.24, 2.45) is 5.41 Å². The van der Waals surface area contributed by atoms with Gasteiger partial charge in [-0.3, -0.25) is 0 Å². The van der Waals surface area contributed by atoms with E-state index in [1.54, 1.807) is 0 Å². The molecule has 0 saturated heterocycles. The smallest absolute Gasteiger partial charge is 0.0862 e. The third-order valence-corrected chi connectivity index (χ3v) is 5.67. The van der Waals surface area contributed by atoms with Gasteiger partial charge in [-0.25, -0.2) is 0 Å². The lowest BCUT2D eigenvalue weighted by Gasteiger charge is -2.46. The molecule has 0 aliphatic carbocycles. The summed E-state index contributed by atoms with van der Waals surface area (Å²) >= 11 is 0. The van der Waals surface area contributed by atoms with E-state index in [1.807, 2.05) is 7.11 Å². The maximum atomic E-state index is 5.96. The molecule has 0 aliphatic heterocycles. The van der Waals surface area contributed by atoms with Crippen LogP contribution in [0.25, 0.3) is 0 Å². The molecule has 0 amide bonds. The van der Waals surface area contributed by atoms with Gasteiger partial charge in [0.15, 0.2) is 0 Å². The Bertz CT molecular complexity index is 203. The largest absolute Gasteiger partial charge is 0.374 e. The van der Waals surface area contributed by atoms with Gasteiger partial charge in [-0.1, -0.05) is 66.2 Å². The highest BCUT2D eigenvalue weighted by atomic mass is 35.5. The molecule has 2 atom stereocenters. The molecular weight excluding hydrogens is 275 g/mol. The molecular formula is C16H36ClOP. The van der Waals surface area contributed by atoms with Gasteiger partial charge in [0, 0.05) is 7.11 Å². The van der Waals surface area contributed by atoms with Crippen LogP contribution in [-0.4, -0.2) is 12.5 Å². The summed E-state index contributed by atoms with van der Waals surface area (Å²) in [6, 6.07) is 0. The lowest BCUT2D eigenvalue weighted by atomic mass is 9.73. The first kappa shape index (κ1) is 22.0. The molecule has 0 aromatic carbocycles. The number of hydrogen-bond donors (Lipinski definition) is 0. The fourth-order valence-corrected chi connectivity index (χ4v) is 3.26. The van der Waals surface area contributed by atoms with Crippen molar-refractivity contribution >= 4 is 21.6 Å². The molecule has 3 heteroatoms. The molecule has 0 aromatic heterocycles. The van der Waals surface area contributed by atoms with Crippen LogP contribution < -0.4 is 0 Å². The zero-order valence-corrected chi connectivity index (χ0v) is 15.7. The lowest BCUT2D eigenvalue weighted by molar-refractivity contribution is -0.0525. The summed E-state index contributed by atoms with van der Waals surface area (Å²) in [6.07, 6.45) is 11.4. The average molecular weight is 311 g/mol. The summed E-state index contributed by atoms with van der Waals surface area (Å²) < 4.78 is 5.96. The predicted molar refractivity (Wildman–Crippen MR) is 93.4 cm³/mol. The molecule has 118 valence electrons. The van der Waals surface area contributed by atoms with Gasteiger partial charge in [0.2, 0.25) is 0 Å². The van der Waals surface area contributed by atoms with E-state index in [0.717, 1.165) is 6.42 Å². The summed E-state index contributed by atoms with van der Waals surface area (Å²) in [6.45, 7) is 9.26. The van der Waals surface area contributed by atoms with Crippen LogP contribution >= 0.6 is 21.6 Å². The predicted octanol–water partition coefficient (Wildman–Crippen LogP) is 6.20. The molecule has 0 aromatic rings. The zero-order chi connectivity index (χ0) is 14.1. The van der Waals surface area contributed by atoms with Gasteiger partial charge in [0.1, 0.15) is 0 Å². The van der Waals surface area contributed by atoms with E-state index in [4.69, 9.17) is 4.74 Å². The minimum atomic E-state index is -0.0344. The SMILES string of the molecule is CCCCC(C)(CCCC)C(P)(CCCC)OC.Cl. The number of unbranched alkanes of at least 4 members (excludes halogenated alkanes) is 3. The Labute approximate surface area is 130 Å². The second-order valence-electron chi connectivity index (χ2n) is 5.96. The summed E-state index contributed by atoms with van der Waals surface area (Å²) in [5.41, 5.74) is 0.299. The van der Waals surface area contributed by atoms with Crippen molar-refractivity contribution in [2.75, 3.05) is 7.11 Å². The highest BCUT2D eigenvalue weighted by molar-refractivity contribution is 7.18. The van der Waals surface area contributed by atoms with Gasteiger partial charge in [-0.2, -0.15) is 0 Å². The first-order chi connectivity index (χ1) is 8.49. The zero-order valence-electron chi connectivity index (χ0n) is 13.8. The van der Waals surface area contributed by atoms with Crippen molar-refractivity contribution in [3.05, 3.63) is 0 Å². The number of methoxy groups -OCH3 is 1. The van der Waals surface area contributed by atoms with Crippen LogP contribution in [0.3, 0.4) is 0 Å². The van der Waals surface area contributed by atoms with Gasteiger partial charge >= 0.3 is 0 Å². The Morgan fingerprint density at radius 1 is 0.842 bits per heavy atom. The fraction of sp³-hybridized carbons (Fsp3) is 1.00. The summed E-state index contributed by atoms with van der Waals surface area (Å²) in [5, 5.41) is -0.0344. The maximum Gasteiger partial charge on any atom is 0.0862 e. The summed E-state index contributed by atoms with van der Waals surface area (Å²) in [5.74, 6) is 0. The van der Waals surface area contributed by atoms with Crippen LogP contribution in [-0.2, 0) is 4.74 Å². The minimum Gasteiger partial charge on any atom is -0.374 e. The highest BCUT2D eigenvalue weighted by Crippen LogP contribution is 2.49. The van der Waals surface area contributed by atoms with Gasteiger partial charge < -0.3 is 4.74 Å². The molecule has 0 rings (SSSR count). The lowest BCUT2D eigenvalue weighted by Crippen LogP contribution is -2.43. The second kappa shape index (κ2) is 11.4. The van der Waals surface area contributed by atoms with Gasteiger partial charge in [-0.05, 0) is 24.7 Å². The molecule has 0 bridgehead atoms. The van der Waals surface area contributed by atoms with Crippen molar-refractivity contribution in [2.45, 2.75) is 90.8 Å². The monoisotopic (exact) mass is 310 g/mol. The molecule has 0 heterocycles. The molecule has 0 radical (unpaired) electrons. The molecule has 0 spiro atoms. The molecule has 0 saturated carbocycles. The normalized spacial score (nSPS) is 14.8. The van der Waals surface area contributed by atoms with Crippen LogP contribution in [0.5, 0.6) is 0 Å². The fourth-order valence-electron chi connectivity index (χ4n) is 2.77. The quantitative estimate of drug-likeness (QED) is 0.413. The average Bonchev–Trinajstić information content (AvgIpc) is 2.39. The Kier molecular flexibility index (Phi) is 13.1. The third kappa shape index (κ3) is 6.78. The number of halogens is 1. The minimum absolute atomic E-state index is 0. The van der Waals surface area contributed by atoms with Crippen molar-refractivity contribution in [3.63, 3.8) is 0 Å². The van der Waals surface area contributed by atoms with E-state index in [0.29, 0.717) is 5.41 Å². The molecule has 1 nitrogen and oxygen atoms in total. The van der Waals surface area contributed by atoms with Gasteiger partial charge in [0.05, 0.1) is 5.34 Å². The summed E-state index contributed by atoms with van der Waals surface area (Å²) in [7, 11) is 4.94. The van der Waals surface area contributed by atoms with E-state index in [1.165, 1.54) is 51.4 Å². The van der Waals surface area contributed by atoms with Crippen molar-refractivity contribution in [1.29, 1.82) is 0 Å². The van der Waals surface area contributed by atoms with Crippen LogP contribution in [0.4, 0.5) is 0 Å². The third-order valence-electron chi connectivity index (χ3n) is 4.45. The van der Waals surface area contributed by atoms with Crippen molar-refractivity contribution in [3.8, 4) is 0 Å². The van der Waals surface area contributed by atoms with Gasteiger partial charge in [-0.15, -0.1) is 21.6 Å². The Hall–Kier alpha value is 0.680. The van der Waals surface area contributed by atoms with Crippen LogP contribution in [0.1, 0.15) is 85.5 Å². The second-order valence-corrected chi connectivity index (χ2v) is 6.90. The molecule has 19 heavy (non-hydrogen) atoms. The maximum absolute atomic E-state index is 5.96. The van der Waals surface area contributed by atoms with E-state index in [9.17, 15) is 0 Å². The highest BCUT2D eigenvalue weighted by Gasteiger charge is 2.43. The Balaban J connectivity index is 0. The standard InChI is InChI=1S/C16H35OP.ClH/c1-6-9-12-15(4,13-10-7-2)16(18,17-5)14-11-8-3;/h6-14,18H2,1-5H3;1H. The first-order valence-electron chi connectivity index (χ1n) is 7.83. The van der Waals surface area contributed by atoms with E-state index in [2.05, 4.69) is 36.9 Å². The molecule has 0 fully saturated rings. The van der Waals surface area contributed by atoms with Crippen LogP contribution in [0.15, 0.2) is 0 Å². The van der Waals surface area contributed by atoms with Gasteiger partial charge in [0.25, 0.3) is 0 Å². The van der Waals surface area contributed by atoms with Crippen LogP contribution in [0.2, 0.25) is 0 Å². The Morgan fingerprint density at radius 2 is 1.21 bits per heavy atom. The number of hydrogen-bond acceptors (Lipinski definition) is 1. The van der Waals surface area contributed by atoms with Crippen LogP contribution in [0, 0.1) is 5.41 Å². The van der Waals surface area contributed by atoms with E-state index < -0.39 is 0 Å². The molecule has 0 aliphatic rings. The van der Waals surface area contributed by atoms with Crippen molar-refractivity contribution < 1.29 is 4.74 Å². The summed E-state index contributed by atoms with van der Waals surface area (Å²) in [4.78, 5) is 0. The number of rotatable bonds is 11. The topological polar surface area (TPSA) is 9.23 Å². The Morgan fingerprint density at radius 3 is 1.53 bits per heavy atom. The van der Waals surface area contributed by atoms with Crippen molar-refractivity contribution in [1.82, 2.24) is 0 Å². The molecule has 0 N–H and O–H groups in total.